The molecule has 0 fully saturated rings. The molecule has 134 valence electrons. The molecule has 8 heteroatoms. The van der Waals surface area contributed by atoms with Crippen LogP contribution in [0.2, 0.25) is 0 Å². The molecule has 0 unspecified atom stereocenters. The molecular formula is C19H16N6O2. The van der Waals surface area contributed by atoms with Crippen LogP contribution in [0.1, 0.15) is 21.6 Å². The number of ether oxygens (including phenoxy) is 1. The van der Waals surface area contributed by atoms with Gasteiger partial charge in [0, 0.05) is 24.2 Å². The number of fused-ring (bicyclic) bond motifs is 1. The van der Waals surface area contributed by atoms with Gasteiger partial charge in [-0.1, -0.05) is 0 Å². The molecule has 4 rings (SSSR count). The first-order chi connectivity index (χ1) is 13.2. The van der Waals surface area contributed by atoms with Gasteiger partial charge in [0.1, 0.15) is 12.2 Å². The van der Waals surface area contributed by atoms with E-state index in [9.17, 15) is 4.79 Å². The zero-order chi connectivity index (χ0) is 18.6. The summed E-state index contributed by atoms with van der Waals surface area (Å²) in [6.07, 6.45) is 6.13. The van der Waals surface area contributed by atoms with Gasteiger partial charge in [-0.25, -0.2) is 4.98 Å². The van der Waals surface area contributed by atoms with Crippen molar-refractivity contribution < 1.29 is 9.53 Å². The lowest BCUT2D eigenvalue weighted by Crippen LogP contribution is -2.38. The molecule has 0 aliphatic carbocycles. The Morgan fingerprint density at radius 1 is 1.19 bits per heavy atom. The van der Waals surface area contributed by atoms with Crippen molar-refractivity contribution in [3.8, 4) is 11.9 Å². The minimum Gasteiger partial charge on any atom is -0.471 e. The minimum atomic E-state index is -0.280. The SMILES string of the molecule is N#Cc1ccc(O[C@H]2CN(C(=O)c3ccnnc3)Cc3cccn3C2)nc1. The molecule has 0 N–H and O–H groups in total. The van der Waals surface area contributed by atoms with E-state index >= 15 is 0 Å². The number of carbonyl (C=O) groups is 1. The fourth-order valence-electron chi connectivity index (χ4n) is 3.07. The third-order valence-corrected chi connectivity index (χ3v) is 4.37. The average Bonchev–Trinajstić information content (AvgIpc) is 3.07. The summed E-state index contributed by atoms with van der Waals surface area (Å²) in [5.41, 5.74) is 1.99. The van der Waals surface area contributed by atoms with Crippen LogP contribution in [0.5, 0.6) is 5.88 Å². The molecule has 8 nitrogen and oxygen atoms in total. The second-order valence-corrected chi connectivity index (χ2v) is 6.21. The van der Waals surface area contributed by atoms with Gasteiger partial charge in [-0.3, -0.25) is 4.79 Å². The maximum absolute atomic E-state index is 12.9. The van der Waals surface area contributed by atoms with Crippen LogP contribution >= 0.6 is 0 Å². The largest absolute Gasteiger partial charge is 0.471 e. The average molecular weight is 360 g/mol. The van der Waals surface area contributed by atoms with Gasteiger partial charge in [-0.05, 0) is 24.3 Å². The van der Waals surface area contributed by atoms with E-state index in [1.807, 2.05) is 24.4 Å². The Balaban J connectivity index is 1.58. The van der Waals surface area contributed by atoms with Crippen LogP contribution in [0.15, 0.2) is 55.1 Å². The third-order valence-electron chi connectivity index (χ3n) is 4.37. The first kappa shape index (κ1) is 16.7. The number of hydrogen-bond acceptors (Lipinski definition) is 6. The van der Waals surface area contributed by atoms with Crippen molar-refractivity contribution in [2.24, 2.45) is 0 Å². The highest BCUT2D eigenvalue weighted by Crippen LogP contribution is 2.19. The van der Waals surface area contributed by atoms with Gasteiger partial charge in [0.05, 0.1) is 43.2 Å². The predicted octanol–water partition coefficient (Wildman–Crippen LogP) is 1.65. The molecular weight excluding hydrogens is 344 g/mol. The molecule has 1 aliphatic rings. The number of hydrogen-bond donors (Lipinski definition) is 0. The maximum atomic E-state index is 12.9. The van der Waals surface area contributed by atoms with E-state index in [1.165, 1.54) is 18.6 Å². The lowest BCUT2D eigenvalue weighted by molar-refractivity contribution is 0.0645. The summed E-state index contributed by atoms with van der Waals surface area (Å²) >= 11 is 0. The summed E-state index contributed by atoms with van der Waals surface area (Å²) in [4.78, 5) is 18.8. The van der Waals surface area contributed by atoms with Crippen molar-refractivity contribution in [3.05, 3.63) is 71.9 Å². The summed E-state index contributed by atoms with van der Waals surface area (Å²) in [5.74, 6) is 0.300. The van der Waals surface area contributed by atoms with Crippen molar-refractivity contribution in [2.45, 2.75) is 19.2 Å². The number of aromatic nitrogens is 4. The van der Waals surface area contributed by atoms with Crippen LogP contribution in [0.3, 0.4) is 0 Å². The van der Waals surface area contributed by atoms with Crippen LogP contribution in [-0.4, -0.2) is 43.2 Å². The predicted molar refractivity (Wildman–Crippen MR) is 94.6 cm³/mol. The van der Waals surface area contributed by atoms with Gasteiger partial charge >= 0.3 is 0 Å². The molecule has 4 heterocycles. The molecule has 0 saturated carbocycles. The van der Waals surface area contributed by atoms with Gasteiger partial charge in [-0.2, -0.15) is 15.5 Å². The number of amides is 1. The summed E-state index contributed by atoms with van der Waals surface area (Å²) in [6, 6.07) is 11.0. The molecule has 0 saturated heterocycles. The third kappa shape index (κ3) is 3.62. The van der Waals surface area contributed by atoms with Crippen molar-refractivity contribution in [3.63, 3.8) is 0 Å². The monoisotopic (exact) mass is 360 g/mol. The fraction of sp³-hybridized carbons (Fsp3) is 0.211. The summed E-state index contributed by atoms with van der Waals surface area (Å²) in [5, 5.41) is 16.4. The van der Waals surface area contributed by atoms with Gasteiger partial charge in [0.15, 0.2) is 0 Å². The van der Waals surface area contributed by atoms with Crippen LogP contribution in [0.25, 0.3) is 0 Å². The Kier molecular flexibility index (Phi) is 4.49. The van der Waals surface area contributed by atoms with Crippen molar-refractivity contribution in [1.82, 2.24) is 24.6 Å². The summed E-state index contributed by atoms with van der Waals surface area (Å²) in [6.45, 7) is 1.49. The van der Waals surface area contributed by atoms with Gasteiger partial charge in [0.25, 0.3) is 5.91 Å². The topological polar surface area (TPSA) is 96.9 Å². The minimum absolute atomic E-state index is 0.124. The molecule has 1 atom stereocenters. The van der Waals surface area contributed by atoms with Gasteiger partial charge in [0.2, 0.25) is 5.88 Å². The van der Waals surface area contributed by atoms with Crippen molar-refractivity contribution in [2.75, 3.05) is 6.54 Å². The van der Waals surface area contributed by atoms with Gasteiger partial charge < -0.3 is 14.2 Å². The molecule has 0 spiro atoms. The molecule has 3 aromatic heterocycles. The van der Waals surface area contributed by atoms with Gasteiger partial charge in [-0.15, -0.1) is 0 Å². The van der Waals surface area contributed by atoms with E-state index < -0.39 is 0 Å². The maximum Gasteiger partial charge on any atom is 0.256 e. The smallest absolute Gasteiger partial charge is 0.256 e. The van der Waals surface area contributed by atoms with Crippen LogP contribution in [0.4, 0.5) is 0 Å². The Hall–Kier alpha value is -3.73. The number of nitrogens with zero attached hydrogens (tertiary/aromatic N) is 6. The van der Waals surface area contributed by atoms with Crippen LogP contribution in [-0.2, 0) is 13.1 Å². The Bertz CT molecular complexity index is 977. The Morgan fingerprint density at radius 2 is 2.11 bits per heavy atom. The molecule has 0 radical (unpaired) electrons. The second kappa shape index (κ2) is 7.25. The Labute approximate surface area is 155 Å². The van der Waals surface area contributed by atoms with Crippen molar-refractivity contribution >= 4 is 5.91 Å². The second-order valence-electron chi connectivity index (χ2n) is 6.21. The van der Waals surface area contributed by atoms with E-state index in [4.69, 9.17) is 10.00 Å². The normalized spacial score (nSPS) is 16.1. The highest BCUT2D eigenvalue weighted by Gasteiger charge is 2.27. The highest BCUT2D eigenvalue weighted by atomic mass is 16.5. The molecule has 0 bridgehead atoms. The lowest BCUT2D eigenvalue weighted by atomic mass is 10.2. The first-order valence-electron chi connectivity index (χ1n) is 8.46. The number of pyridine rings is 1. The number of rotatable bonds is 3. The van der Waals surface area contributed by atoms with Crippen molar-refractivity contribution in [1.29, 1.82) is 5.26 Å². The highest BCUT2D eigenvalue weighted by molar-refractivity contribution is 5.93. The van der Waals surface area contributed by atoms with E-state index in [-0.39, 0.29) is 12.0 Å². The van der Waals surface area contributed by atoms with E-state index in [1.54, 1.807) is 23.1 Å². The number of carbonyl (C=O) groups excluding carboxylic acids is 1. The zero-order valence-corrected chi connectivity index (χ0v) is 14.4. The summed E-state index contributed by atoms with van der Waals surface area (Å²) in [7, 11) is 0. The quantitative estimate of drug-likeness (QED) is 0.704. The Morgan fingerprint density at radius 3 is 2.85 bits per heavy atom. The van der Waals surface area contributed by atoms with E-state index in [0.717, 1.165) is 5.69 Å². The molecule has 1 aliphatic heterocycles. The van der Waals surface area contributed by atoms with E-state index in [0.29, 0.717) is 36.6 Å². The summed E-state index contributed by atoms with van der Waals surface area (Å²) < 4.78 is 8.09. The van der Waals surface area contributed by atoms with Crippen LogP contribution < -0.4 is 4.74 Å². The number of nitriles is 1. The van der Waals surface area contributed by atoms with Crippen LogP contribution in [0, 0.1) is 11.3 Å². The molecule has 27 heavy (non-hydrogen) atoms. The molecule has 3 aromatic rings. The zero-order valence-electron chi connectivity index (χ0n) is 14.4. The lowest BCUT2D eigenvalue weighted by Gasteiger charge is -2.24. The standard InChI is InChI=1S/C19H16N6O2/c20-8-14-3-4-18(21-9-14)27-17-12-24-7-1-2-16(24)11-25(13-17)19(26)15-5-6-22-23-10-15/h1-7,9-10,17H,11-13H2/t17-/m1/s1. The first-order valence-corrected chi connectivity index (χ1v) is 8.46. The van der Waals surface area contributed by atoms with E-state index in [2.05, 4.69) is 19.7 Å². The molecule has 1 amide bonds. The molecule has 0 aromatic carbocycles. The fourth-order valence-corrected chi connectivity index (χ4v) is 3.07.